The minimum atomic E-state index is -0.477. The topological polar surface area (TPSA) is 36.4 Å². The molecule has 1 aromatic carbocycles. The molecule has 1 saturated heterocycles. The van der Waals surface area contributed by atoms with Gasteiger partial charge in [-0.05, 0) is 62.1 Å². The number of benzene rings is 1. The minimum absolute atomic E-state index is 0.390. The van der Waals surface area contributed by atoms with Gasteiger partial charge in [-0.2, -0.15) is 0 Å². The molecule has 2 aliphatic rings. The summed E-state index contributed by atoms with van der Waals surface area (Å²) in [5.74, 6) is 2.08. The van der Waals surface area contributed by atoms with Crippen molar-refractivity contribution >= 4 is 28.5 Å². The maximum atomic E-state index is 11.1. The Kier molecular flexibility index (Phi) is 4.45. The molecule has 0 bridgehead atoms. The predicted octanol–water partition coefficient (Wildman–Crippen LogP) is 4.64. The smallest absolute Gasteiger partial charge is 0.129 e. The van der Waals surface area contributed by atoms with Gasteiger partial charge in [0.15, 0.2) is 0 Å². The second-order valence-electron chi connectivity index (χ2n) is 7.80. The SMILES string of the molecule is CC[C@@]1(O)CCC[C@@H]2CN(c3cc(C)c4ccc(SC)cc4n3)C[C@@H]21. The van der Waals surface area contributed by atoms with Gasteiger partial charge in [0, 0.05) is 29.3 Å². The Hall–Kier alpha value is -1.26. The highest BCUT2D eigenvalue weighted by atomic mass is 32.2. The van der Waals surface area contributed by atoms with Gasteiger partial charge in [0.25, 0.3) is 0 Å². The maximum Gasteiger partial charge on any atom is 0.129 e. The van der Waals surface area contributed by atoms with E-state index >= 15 is 0 Å². The summed E-state index contributed by atoms with van der Waals surface area (Å²) in [6, 6.07) is 8.78. The van der Waals surface area contributed by atoms with Gasteiger partial charge in [-0.15, -0.1) is 11.8 Å². The molecule has 25 heavy (non-hydrogen) atoms. The van der Waals surface area contributed by atoms with Gasteiger partial charge in [-0.1, -0.05) is 19.4 Å². The fraction of sp³-hybridized carbons (Fsp3) is 0.571. The molecule has 4 heteroatoms. The van der Waals surface area contributed by atoms with E-state index in [4.69, 9.17) is 4.98 Å². The Labute approximate surface area is 154 Å². The minimum Gasteiger partial charge on any atom is -0.390 e. The monoisotopic (exact) mass is 356 g/mol. The number of nitrogens with zero attached hydrogens (tertiary/aromatic N) is 2. The lowest BCUT2D eigenvalue weighted by Crippen LogP contribution is -2.44. The van der Waals surface area contributed by atoms with E-state index in [2.05, 4.69) is 49.3 Å². The van der Waals surface area contributed by atoms with Crippen LogP contribution in [0.2, 0.25) is 0 Å². The van der Waals surface area contributed by atoms with E-state index in [1.165, 1.54) is 22.3 Å². The average molecular weight is 357 g/mol. The number of aryl methyl sites for hydroxylation is 1. The molecule has 1 saturated carbocycles. The number of hydrogen-bond donors (Lipinski definition) is 1. The van der Waals surface area contributed by atoms with Crippen molar-refractivity contribution in [3.63, 3.8) is 0 Å². The Bertz CT molecular complexity index is 793. The van der Waals surface area contributed by atoms with E-state index in [-0.39, 0.29) is 0 Å². The van der Waals surface area contributed by atoms with Crippen molar-refractivity contribution in [2.45, 2.75) is 50.0 Å². The van der Waals surface area contributed by atoms with Crippen LogP contribution in [-0.2, 0) is 0 Å². The van der Waals surface area contributed by atoms with Crippen molar-refractivity contribution in [2.24, 2.45) is 11.8 Å². The molecular weight excluding hydrogens is 328 g/mol. The molecule has 3 nitrogen and oxygen atoms in total. The molecule has 2 fully saturated rings. The van der Waals surface area contributed by atoms with Crippen LogP contribution < -0.4 is 4.90 Å². The summed E-state index contributed by atoms with van der Waals surface area (Å²) >= 11 is 1.76. The number of hydrogen-bond acceptors (Lipinski definition) is 4. The first-order valence-electron chi connectivity index (χ1n) is 9.47. The summed E-state index contributed by atoms with van der Waals surface area (Å²) in [6.07, 6.45) is 6.32. The lowest BCUT2D eigenvalue weighted by atomic mass is 9.69. The Morgan fingerprint density at radius 2 is 2.16 bits per heavy atom. The largest absolute Gasteiger partial charge is 0.390 e. The van der Waals surface area contributed by atoms with E-state index in [1.54, 1.807) is 11.8 Å². The molecule has 3 atom stereocenters. The van der Waals surface area contributed by atoms with E-state index in [0.29, 0.717) is 11.8 Å². The van der Waals surface area contributed by atoms with E-state index in [9.17, 15) is 5.11 Å². The molecule has 0 amide bonds. The first-order chi connectivity index (χ1) is 12.0. The van der Waals surface area contributed by atoms with Crippen LogP contribution in [-0.4, -0.2) is 35.0 Å². The zero-order valence-electron chi connectivity index (χ0n) is 15.5. The number of aromatic nitrogens is 1. The molecule has 0 radical (unpaired) electrons. The van der Waals surface area contributed by atoms with Crippen LogP contribution in [0.4, 0.5) is 5.82 Å². The van der Waals surface area contributed by atoms with Gasteiger partial charge in [-0.3, -0.25) is 0 Å². The second kappa shape index (κ2) is 6.48. The lowest BCUT2D eigenvalue weighted by molar-refractivity contribution is -0.0597. The van der Waals surface area contributed by atoms with Crippen molar-refractivity contribution in [3.8, 4) is 0 Å². The Morgan fingerprint density at radius 3 is 2.92 bits per heavy atom. The van der Waals surface area contributed by atoms with Gasteiger partial charge in [-0.25, -0.2) is 4.98 Å². The van der Waals surface area contributed by atoms with E-state index in [0.717, 1.165) is 43.7 Å². The summed E-state index contributed by atoms with van der Waals surface area (Å²) in [4.78, 5) is 8.66. The number of aliphatic hydroxyl groups is 1. The van der Waals surface area contributed by atoms with Gasteiger partial charge in [0.2, 0.25) is 0 Å². The summed E-state index contributed by atoms with van der Waals surface area (Å²) in [7, 11) is 0. The third kappa shape index (κ3) is 2.93. The zero-order valence-corrected chi connectivity index (χ0v) is 16.3. The quantitative estimate of drug-likeness (QED) is 0.813. The van der Waals surface area contributed by atoms with Crippen molar-refractivity contribution in [3.05, 3.63) is 29.8 Å². The average Bonchev–Trinajstić information content (AvgIpc) is 3.07. The van der Waals surface area contributed by atoms with Crippen LogP contribution in [0.3, 0.4) is 0 Å². The van der Waals surface area contributed by atoms with Crippen molar-refractivity contribution in [2.75, 3.05) is 24.2 Å². The molecule has 0 spiro atoms. The normalized spacial score (nSPS) is 29.2. The number of thioether (sulfide) groups is 1. The van der Waals surface area contributed by atoms with E-state index < -0.39 is 5.60 Å². The highest BCUT2D eigenvalue weighted by molar-refractivity contribution is 7.98. The molecule has 134 valence electrons. The van der Waals surface area contributed by atoms with Crippen LogP contribution in [0.15, 0.2) is 29.2 Å². The fourth-order valence-corrected chi connectivity index (χ4v) is 5.34. The molecular formula is C21H28N2OS. The molecule has 1 aliphatic carbocycles. The number of fused-ring (bicyclic) bond motifs is 2. The number of rotatable bonds is 3. The molecule has 0 unspecified atom stereocenters. The van der Waals surface area contributed by atoms with Crippen molar-refractivity contribution in [1.29, 1.82) is 0 Å². The van der Waals surface area contributed by atoms with Gasteiger partial charge >= 0.3 is 0 Å². The van der Waals surface area contributed by atoms with Crippen LogP contribution in [0, 0.1) is 18.8 Å². The second-order valence-corrected chi connectivity index (χ2v) is 8.68. The van der Waals surface area contributed by atoms with Crippen molar-refractivity contribution in [1.82, 2.24) is 4.98 Å². The van der Waals surface area contributed by atoms with Crippen LogP contribution in [0.5, 0.6) is 0 Å². The first-order valence-corrected chi connectivity index (χ1v) is 10.7. The summed E-state index contributed by atoms with van der Waals surface area (Å²) in [5, 5.41) is 12.3. The molecule has 2 heterocycles. The number of anilines is 1. The number of pyridine rings is 1. The van der Waals surface area contributed by atoms with E-state index in [1.807, 2.05) is 0 Å². The Morgan fingerprint density at radius 1 is 1.32 bits per heavy atom. The molecule has 1 N–H and O–H groups in total. The molecule has 1 aliphatic heterocycles. The highest BCUT2D eigenvalue weighted by Crippen LogP contribution is 2.45. The van der Waals surface area contributed by atoms with Crippen LogP contribution in [0.25, 0.3) is 10.9 Å². The van der Waals surface area contributed by atoms with Gasteiger partial charge in [0.1, 0.15) is 5.82 Å². The summed E-state index contributed by atoms with van der Waals surface area (Å²) in [6.45, 7) is 6.29. The summed E-state index contributed by atoms with van der Waals surface area (Å²) < 4.78 is 0. The Balaban J connectivity index is 1.68. The summed E-state index contributed by atoms with van der Waals surface area (Å²) in [5.41, 5.74) is 1.89. The van der Waals surface area contributed by atoms with Crippen LogP contribution in [0.1, 0.15) is 38.2 Å². The lowest BCUT2D eigenvalue weighted by Gasteiger charge is -2.40. The molecule has 1 aromatic heterocycles. The highest BCUT2D eigenvalue weighted by Gasteiger charge is 2.48. The maximum absolute atomic E-state index is 11.1. The zero-order chi connectivity index (χ0) is 17.6. The van der Waals surface area contributed by atoms with Gasteiger partial charge in [0.05, 0.1) is 11.1 Å². The molecule has 4 rings (SSSR count). The first kappa shape index (κ1) is 17.2. The standard InChI is InChI=1S/C21H28N2OS/c1-4-21(24)9-5-6-15-12-23(13-18(15)21)20-10-14(2)17-8-7-16(25-3)11-19(17)22-20/h7-8,10-11,15,18,24H,4-6,9,12-13H2,1-3H3/t15-,18+,21-/m1/s1. The predicted molar refractivity (Wildman–Crippen MR) is 107 cm³/mol. The third-order valence-electron chi connectivity index (χ3n) is 6.46. The molecule has 2 aromatic rings. The van der Waals surface area contributed by atoms with Gasteiger partial charge < -0.3 is 10.0 Å². The fourth-order valence-electron chi connectivity index (χ4n) is 4.91. The van der Waals surface area contributed by atoms with Crippen molar-refractivity contribution < 1.29 is 5.11 Å². The van der Waals surface area contributed by atoms with Crippen LogP contribution >= 0.6 is 11.8 Å². The third-order valence-corrected chi connectivity index (χ3v) is 7.19.